The van der Waals surface area contributed by atoms with Gasteiger partial charge >= 0.3 is 0 Å². The molecule has 2 aromatic rings. The molecule has 1 unspecified atom stereocenters. The molecule has 120 valence electrons. The SMILES string of the molecule is COc1ccc(OC)c(C2CCN(C(=O)c3cccnc3)C2)c1. The number of hydrogen-bond donors (Lipinski definition) is 0. The molecule has 1 aromatic carbocycles. The molecule has 1 aliphatic heterocycles. The van der Waals surface area contributed by atoms with Crippen LogP contribution in [0.2, 0.25) is 0 Å². The van der Waals surface area contributed by atoms with Crippen LogP contribution in [0.5, 0.6) is 11.5 Å². The minimum Gasteiger partial charge on any atom is -0.497 e. The molecule has 3 rings (SSSR count). The number of carbonyl (C=O) groups excluding carboxylic acids is 1. The van der Waals surface area contributed by atoms with E-state index < -0.39 is 0 Å². The molecule has 0 bridgehead atoms. The number of carbonyl (C=O) groups is 1. The normalized spacial score (nSPS) is 17.1. The Balaban J connectivity index is 1.79. The highest BCUT2D eigenvalue weighted by Gasteiger charge is 2.30. The van der Waals surface area contributed by atoms with Crippen LogP contribution in [0.1, 0.15) is 28.3 Å². The van der Waals surface area contributed by atoms with Crippen LogP contribution in [0, 0.1) is 0 Å². The van der Waals surface area contributed by atoms with Crippen LogP contribution in [-0.4, -0.2) is 43.1 Å². The molecule has 0 saturated carbocycles. The number of likely N-dealkylation sites (tertiary alicyclic amines) is 1. The molecule has 1 aliphatic rings. The average molecular weight is 312 g/mol. The van der Waals surface area contributed by atoms with E-state index in [1.807, 2.05) is 23.1 Å². The van der Waals surface area contributed by atoms with Crippen molar-refractivity contribution in [2.45, 2.75) is 12.3 Å². The lowest BCUT2D eigenvalue weighted by Crippen LogP contribution is -2.28. The van der Waals surface area contributed by atoms with Crippen LogP contribution >= 0.6 is 0 Å². The Kier molecular flexibility index (Phi) is 4.46. The highest BCUT2D eigenvalue weighted by atomic mass is 16.5. The summed E-state index contributed by atoms with van der Waals surface area (Å²) in [6.45, 7) is 1.41. The lowest BCUT2D eigenvalue weighted by Gasteiger charge is -2.18. The number of methoxy groups -OCH3 is 2. The number of ether oxygens (including phenoxy) is 2. The maximum atomic E-state index is 12.5. The Labute approximate surface area is 135 Å². The number of amides is 1. The molecule has 5 heteroatoms. The topological polar surface area (TPSA) is 51.7 Å². The zero-order chi connectivity index (χ0) is 16.2. The van der Waals surface area contributed by atoms with E-state index in [-0.39, 0.29) is 11.8 Å². The molecular weight excluding hydrogens is 292 g/mol. The first kappa shape index (κ1) is 15.3. The summed E-state index contributed by atoms with van der Waals surface area (Å²) in [6, 6.07) is 9.39. The highest BCUT2D eigenvalue weighted by Crippen LogP contribution is 2.36. The quantitative estimate of drug-likeness (QED) is 0.871. The first-order valence-corrected chi connectivity index (χ1v) is 7.64. The summed E-state index contributed by atoms with van der Waals surface area (Å²) >= 11 is 0. The third-order valence-corrected chi connectivity index (χ3v) is 4.26. The molecule has 0 spiro atoms. The zero-order valence-corrected chi connectivity index (χ0v) is 13.4. The van der Waals surface area contributed by atoms with E-state index in [9.17, 15) is 4.79 Å². The molecule has 0 N–H and O–H groups in total. The largest absolute Gasteiger partial charge is 0.497 e. The van der Waals surface area contributed by atoms with Crippen LogP contribution in [0.15, 0.2) is 42.7 Å². The summed E-state index contributed by atoms with van der Waals surface area (Å²) in [7, 11) is 3.32. The van der Waals surface area contributed by atoms with Gasteiger partial charge in [0.2, 0.25) is 0 Å². The van der Waals surface area contributed by atoms with E-state index >= 15 is 0 Å². The van der Waals surface area contributed by atoms with Crippen molar-refractivity contribution in [2.24, 2.45) is 0 Å². The van der Waals surface area contributed by atoms with Crippen molar-refractivity contribution in [1.29, 1.82) is 0 Å². The van der Waals surface area contributed by atoms with Gasteiger partial charge in [0, 0.05) is 37.0 Å². The second-order valence-electron chi connectivity index (χ2n) is 5.59. The fourth-order valence-electron chi connectivity index (χ4n) is 3.03. The number of aromatic nitrogens is 1. The van der Waals surface area contributed by atoms with E-state index in [0.29, 0.717) is 12.1 Å². The van der Waals surface area contributed by atoms with Crippen LogP contribution in [0.4, 0.5) is 0 Å². The third-order valence-electron chi connectivity index (χ3n) is 4.26. The highest BCUT2D eigenvalue weighted by molar-refractivity contribution is 5.94. The molecule has 0 radical (unpaired) electrons. The Hall–Kier alpha value is -2.56. The average Bonchev–Trinajstić information content (AvgIpc) is 3.11. The Morgan fingerprint density at radius 3 is 2.83 bits per heavy atom. The van der Waals surface area contributed by atoms with Crippen molar-refractivity contribution in [3.8, 4) is 11.5 Å². The van der Waals surface area contributed by atoms with E-state index in [4.69, 9.17) is 9.47 Å². The molecule has 2 heterocycles. The maximum absolute atomic E-state index is 12.5. The standard InChI is InChI=1S/C18H20N2O3/c1-22-15-5-6-17(23-2)16(10-15)14-7-9-20(12-14)18(21)13-4-3-8-19-11-13/h3-6,8,10-11,14H,7,9,12H2,1-2H3. The molecule has 23 heavy (non-hydrogen) atoms. The molecule has 1 fully saturated rings. The summed E-state index contributed by atoms with van der Waals surface area (Å²) in [5, 5.41) is 0. The predicted octanol–water partition coefficient (Wildman–Crippen LogP) is 2.73. The van der Waals surface area contributed by atoms with Gasteiger partial charge in [-0.25, -0.2) is 0 Å². The fraction of sp³-hybridized carbons (Fsp3) is 0.333. The van der Waals surface area contributed by atoms with Gasteiger partial charge in [0.15, 0.2) is 0 Å². The van der Waals surface area contributed by atoms with Gasteiger partial charge in [0.05, 0.1) is 19.8 Å². The van der Waals surface area contributed by atoms with E-state index in [1.54, 1.807) is 38.7 Å². The fourth-order valence-corrected chi connectivity index (χ4v) is 3.03. The number of benzene rings is 1. The van der Waals surface area contributed by atoms with Gasteiger partial charge in [-0.3, -0.25) is 9.78 Å². The van der Waals surface area contributed by atoms with Crippen LogP contribution in [0.25, 0.3) is 0 Å². The Morgan fingerprint density at radius 2 is 2.13 bits per heavy atom. The lowest BCUT2D eigenvalue weighted by atomic mass is 9.97. The Morgan fingerprint density at radius 1 is 1.26 bits per heavy atom. The van der Waals surface area contributed by atoms with Crippen molar-refractivity contribution in [3.05, 3.63) is 53.9 Å². The molecule has 1 amide bonds. The van der Waals surface area contributed by atoms with Gasteiger partial charge in [0.1, 0.15) is 11.5 Å². The molecule has 1 saturated heterocycles. The van der Waals surface area contributed by atoms with E-state index in [1.165, 1.54) is 0 Å². The molecule has 0 aliphatic carbocycles. The number of nitrogens with zero attached hydrogens (tertiary/aromatic N) is 2. The minimum absolute atomic E-state index is 0.0301. The van der Waals surface area contributed by atoms with E-state index in [0.717, 1.165) is 30.0 Å². The smallest absolute Gasteiger partial charge is 0.255 e. The van der Waals surface area contributed by atoms with Gasteiger partial charge in [-0.1, -0.05) is 0 Å². The van der Waals surface area contributed by atoms with Crippen molar-refractivity contribution >= 4 is 5.91 Å². The zero-order valence-electron chi connectivity index (χ0n) is 13.4. The molecular formula is C18H20N2O3. The van der Waals surface area contributed by atoms with Crippen LogP contribution in [-0.2, 0) is 0 Å². The van der Waals surface area contributed by atoms with Crippen molar-refractivity contribution in [3.63, 3.8) is 0 Å². The van der Waals surface area contributed by atoms with Crippen molar-refractivity contribution in [2.75, 3.05) is 27.3 Å². The summed E-state index contributed by atoms with van der Waals surface area (Å²) in [5.41, 5.74) is 1.72. The summed E-state index contributed by atoms with van der Waals surface area (Å²) in [5.74, 6) is 1.92. The van der Waals surface area contributed by atoms with Crippen LogP contribution < -0.4 is 9.47 Å². The number of rotatable bonds is 4. The van der Waals surface area contributed by atoms with Crippen molar-refractivity contribution in [1.82, 2.24) is 9.88 Å². The number of pyridine rings is 1. The molecule has 5 nitrogen and oxygen atoms in total. The summed E-state index contributed by atoms with van der Waals surface area (Å²) in [6.07, 6.45) is 4.20. The summed E-state index contributed by atoms with van der Waals surface area (Å²) in [4.78, 5) is 18.4. The second kappa shape index (κ2) is 6.69. The predicted molar refractivity (Wildman–Crippen MR) is 87.0 cm³/mol. The monoisotopic (exact) mass is 312 g/mol. The van der Waals surface area contributed by atoms with E-state index in [2.05, 4.69) is 4.98 Å². The van der Waals surface area contributed by atoms with Gasteiger partial charge < -0.3 is 14.4 Å². The Bertz CT molecular complexity index is 688. The first-order valence-electron chi connectivity index (χ1n) is 7.64. The maximum Gasteiger partial charge on any atom is 0.255 e. The third kappa shape index (κ3) is 3.13. The molecule has 1 atom stereocenters. The van der Waals surface area contributed by atoms with Gasteiger partial charge in [-0.15, -0.1) is 0 Å². The first-order chi connectivity index (χ1) is 11.2. The van der Waals surface area contributed by atoms with Crippen LogP contribution in [0.3, 0.4) is 0 Å². The summed E-state index contributed by atoms with van der Waals surface area (Å²) < 4.78 is 10.8. The van der Waals surface area contributed by atoms with Gasteiger partial charge in [0.25, 0.3) is 5.91 Å². The second-order valence-corrected chi connectivity index (χ2v) is 5.59. The number of hydrogen-bond acceptors (Lipinski definition) is 4. The molecule has 1 aromatic heterocycles. The minimum atomic E-state index is 0.0301. The van der Waals surface area contributed by atoms with Crippen molar-refractivity contribution < 1.29 is 14.3 Å². The van der Waals surface area contributed by atoms with Gasteiger partial charge in [-0.2, -0.15) is 0 Å². The van der Waals surface area contributed by atoms with Gasteiger partial charge in [-0.05, 0) is 36.8 Å². The lowest BCUT2D eigenvalue weighted by molar-refractivity contribution is 0.0790.